The molecule has 0 amide bonds. The quantitative estimate of drug-likeness (QED) is 0.656. The van der Waals surface area contributed by atoms with Gasteiger partial charge in [-0.25, -0.2) is 5.43 Å². The van der Waals surface area contributed by atoms with Crippen LogP contribution in [0.5, 0.6) is 0 Å². The number of hydrogen-bond acceptors (Lipinski definition) is 6. The maximum atomic E-state index is 5.95. The van der Waals surface area contributed by atoms with Crippen LogP contribution in [0.1, 0.15) is 34.8 Å². The topological polar surface area (TPSA) is 63.8 Å². The Morgan fingerprint density at radius 3 is 2.94 bits per heavy atom. The van der Waals surface area contributed by atoms with E-state index in [1.54, 1.807) is 0 Å². The number of hydrogen-bond donors (Lipinski definition) is 2. The van der Waals surface area contributed by atoms with E-state index in [-0.39, 0.29) is 6.04 Å². The monoisotopic (exact) mass is 288 g/mol. The molecule has 0 bridgehead atoms. The van der Waals surface area contributed by atoms with E-state index in [1.807, 2.05) is 12.1 Å². The van der Waals surface area contributed by atoms with E-state index in [0.717, 1.165) is 32.6 Å². The van der Waals surface area contributed by atoms with Crippen LogP contribution in [0.4, 0.5) is 0 Å². The third kappa shape index (κ3) is 2.83. The number of aromatic nitrogens is 2. The van der Waals surface area contributed by atoms with E-state index in [4.69, 9.17) is 17.4 Å². The third-order valence-electron chi connectivity index (χ3n) is 2.38. The van der Waals surface area contributed by atoms with Crippen LogP contribution in [-0.4, -0.2) is 9.59 Å². The van der Waals surface area contributed by atoms with Crippen LogP contribution in [0.15, 0.2) is 12.1 Å². The molecule has 0 fully saturated rings. The Hall–Kier alpha value is -0.530. The van der Waals surface area contributed by atoms with Crippen LogP contribution >= 0.6 is 34.5 Å². The van der Waals surface area contributed by atoms with Crippen LogP contribution in [0.25, 0.3) is 0 Å². The molecule has 4 nitrogen and oxygen atoms in total. The lowest BCUT2D eigenvalue weighted by molar-refractivity contribution is 0.646. The highest BCUT2D eigenvalue weighted by molar-refractivity contribution is 7.16. The Labute approximate surface area is 113 Å². The molecule has 17 heavy (non-hydrogen) atoms. The Kier molecular flexibility index (Phi) is 4.47. The van der Waals surface area contributed by atoms with Crippen molar-refractivity contribution < 1.29 is 0 Å². The number of nitrogens with one attached hydrogen (secondary N) is 1. The van der Waals surface area contributed by atoms with Gasteiger partial charge in [0.15, 0.2) is 0 Å². The average molecular weight is 289 g/mol. The van der Waals surface area contributed by atoms with Gasteiger partial charge in [-0.1, -0.05) is 29.4 Å². The highest BCUT2D eigenvalue weighted by atomic mass is 35.5. The maximum Gasteiger partial charge on any atom is 0.0931 e. The number of rotatable bonds is 5. The summed E-state index contributed by atoms with van der Waals surface area (Å²) in [4.78, 5) is 2.16. The molecular formula is C10H13ClN4S2. The highest BCUT2D eigenvalue weighted by Crippen LogP contribution is 2.33. The van der Waals surface area contributed by atoms with Gasteiger partial charge >= 0.3 is 0 Å². The molecule has 7 heteroatoms. The van der Waals surface area contributed by atoms with Crippen molar-refractivity contribution in [1.29, 1.82) is 0 Å². The fourth-order valence-electron chi connectivity index (χ4n) is 1.62. The first-order valence-electron chi connectivity index (χ1n) is 5.28. The summed E-state index contributed by atoms with van der Waals surface area (Å²) in [6.07, 6.45) is 1.96. The molecule has 0 radical (unpaired) electrons. The molecule has 0 aromatic carbocycles. The Morgan fingerprint density at radius 1 is 1.53 bits per heavy atom. The number of thiophene rings is 1. The summed E-state index contributed by atoms with van der Waals surface area (Å²) in [5.41, 5.74) is 3.83. The van der Waals surface area contributed by atoms with Gasteiger partial charge in [-0.05, 0) is 30.1 Å². The predicted octanol–water partition coefficient (Wildman–Crippen LogP) is 2.76. The second-order valence-electron chi connectivity index (χ2n) is 3.58. The number of aryl methyl sites for hydroxylation is 1. The Morgan fingerprint density at radius 2 is 2.35 bits per heavy atom. The van der Waals surface area contributed by atoms with Gasteiger partial charge in [0, 0.05) is 4.88 Å². The van der Waals surface area contributed by atoms with Crippen molar-refractivity contribution in [2.24, 2.45) is 5.84 Å². The SMILES string of the molecule is CCCc1nnsc1C(NN)c1ccc(Cl)s1. The molecule has 0 saturated heterocycles. The summed E-state index contributed by atoms with van der Waals surface area (Å²) >= 11 is 8.85. The van der Waals surface area contributed by atoms with E-state index in [9.17, 15) is 0 Å². The number of nitrogens with zero attached hydrogens (tertiary/aromatic N) is 2. The number of halogens is 1. The van der Waals surface area contributed by atoms with Gasteiger partial charge in [-0.2, -0.15) is 0 Å². The largest absolute Gasteiger partial charge is 0.271 e. The first-order chi connectivity index (χ1) is 8.26. The smallest absolute Gasteiger partial charge is 0.0931 e. The Balaban J connectivity index is 2.31. The molecule has 3 N–H and O–H groups in total. The van der Waals surface area contributed by atoms with Crippen LogP contribution in [-0.2, 0) is 6.42 Å². The minimum absolute atomic E-state index is 0.0611. The summed E-state index contributed by atoms with van der Waals surface area (Å²) < 4.78 is 4.77. The van der Waals surface area contributed by atoms with Crippen molar-refractivity contribution in [3.8, 4) is 0 Å². The van der Waals surface area contributed by atoms with Crippen molar-refractivity contribution in [2.45, 2.75) is 25.8 Å². The number of nitrogens with two attached hydrogens (primary N) is 1. The number of hydrazine groups is 1. The zero-order valence-electron chi connectivity index (χ0n) is 9.31. The van der Waals surface area contributed by atoms with Crippen molar-refractivity contribution in [3.05, 3.63) is 31.9 Å². The molecule has 0 aliphatic rings. The van der Waals surface area contributed by atoms with Crippen LogP contribution in [0, 0.1) is 0 Å². The molecule has 1 atom stereocenters. The fourth-order valence-corrected chi connectivity index (χ4v) is 3.60. The summed E-state index contributed by atoms with van der Waals surface area (Å²) in [6, 6.07) is 3.79. The molecule has 2 rings (SSSR count). The lowest BCUT2D eigenvalue weighted by Crippen LogP contribution is -2.28. The molecule has 0 aliphatic carbocycles. The fraction of sp³-hybridized carbons (Fsp3) is 0.400. The lowest BCUT2D eigenvalue weighted by atomic mass is 10.1. The van der Waals surface area contributed by atoms with Crippen molar-refractivity contribution in [3.63, 3.8) is 0 Å². The van der Waals surface area contributed by atoms with Crippen LogP contribution < -0.4 is 11.3 Å². The molecule has 0 aliphatic heterocycles. The molecule has 0 spiro atoms. The Bertz CT molecular complexity index is 482. The van der Waals surface area contributed by atoms with E-state index < -0.39 is 0 Å². The van der Waals surface area contributed by atoms with Gasteiger partial charge in [-0.3, -0.25) is 5.84 Å². The normalized spacial score (nSPS) is 12.9. The average Bonchev–Trinajstić information content (AvgIpc) is 2.91. The second kappa shape index (κ2) is 5.88. The molecular weight excluding hydrogens is 276 g/mol. The summed E-state index contributed by atoms with van der Waals surface area (Å²) in [7, 11) is 0. The minimum atomic E-state index is -0.0611. The second-order valence-corrected chi connectivity index (χ2v) is 6.11. The minimum Gasteiger partial charge on any atom is -0.271 e. The third-order valence-corrected chi connectivity index (χ3v) is 4.51. The molecule has 2 heterocycles. The first-order valence-corrected chi connectivity index (χ1v) is 7.25. The molecule has 92 valence electrons. The zero-order valence-corrected chi connectivity index (χ0v) is 11.7. The molecule has 2 aromatic rings. The maximum absolute atomic E-state index is 5.95. The van der Waals surface area contributed by atoms with Crippen molar-refractivity contribution in [1.82, 2.24) is 15.0 Å². The first kappa shape index (κ1) is 12.9. The van der Waals surface area contributed by atoms with Gasteiger partial charge < -0.3 is 0 Å². The van der Waals surface area contributed by atoms with Gasteiger partial charge in [0.2, 0.25) is 0 Å². The summed E-state index contributed by atoms with van der Waals surface area (Å²) in [5, 5.41) is 4.15. The van der Waals surface area contributed by atoms with E-state index in [2.05, 4.69) is 21.9 Å². The van der Waals surface area contributed by atoms with Gasteiger partial charge in [-0.15, -0.1) is 16.4 Å². The molecule has 2 aromatic heterocycles. The molecule has 1 unspecified atom stereocenters. The highest BCUT2D eigenvalue weighted by Gasteiger charge is 2.21. The van der Waals surface area contributed by atoms with Gasteiger partial charge in [0.1, 0.15) is 0 Å². The van der Waals surface area contributed by atoms with E-state index >= 15 is 0 Å². The summed E-state index contributed by atoms with van der Waals surface area (Å²) in [6.45, 7) is 2.12. The van der Waals surface area contributed by atoms with Crippen molar-refractivity contribution in [2.75, 3.05) is 0 Å². The van der Waals surface area contributed by atoms with Crippen molar-refractivity contribution >= 4 is 34.5 Å². The van der Waals surface area contributed by atoms with Gasteiger partial charge in [0.25, 0.3) is 0 Å². The zero-order chi connectivity index (χ0) is 12.3. The lowest BCUT2D eigenvalue weighted by Gasteiger charge is -2.12. The van der Waals surface area contributed by atoms with E-state index in [1.165, 1.54) is 22.9 Å². The summed E-state index contributed by atoms with van der Waals surface area (Å²) in [5.74, 6) is 5.64. The van der Waals surface area contributed by atoms with Crippen LogP contribution in [0.2, 0.25) is 4.34 Å². The van der Waals surface area contributed by atoms with Gasteiger partial charge in [0.05, 0.1) is 20.9 Å². The predicted molar refractivity (Wildman–Crippen MR) is 72.4 cm³/mol. The molecule has 0 saturated carbocycles. The van der Waals surface area contributed by atoms with Crippen LogP contribution in [0.3, 0.4) is 0 Å². The standard InChI is InChI=1S/C10H13ClN4S2/c1-2-3-6-10(17-15-14-6)9(13-12)7-4-5-8(11)16-7/h4-5,9,13H,2-3,12H2,1H3. The van der Waals surface area contributed by atoms with E-state index in [0.29, 0.717) is 0 Å².